The van der Waals surface area contributed by atoms with E-state index in [4.69, 9.17) is 0 Å². The molecule has 0 saturated heterocycles. The molecule has 0 aliphatic carbocycles. The van der Waals surface area contributed by atoms with Gasteiger partial charge in [0.15, 0.2) is 0 Å². The smallest absolute Gasteiger partial charge is 0.0640 e. The molecule has 0 bridgehead atoms. The van der Waals surface area contributed by atoms with Crippen LogP contribution < -0.4 is 4.90 Å². The molecule has 0 radical (unpaired) electrons. The van der Waals surface area contributed by atoms with Crippen molar-refractivity contribution in [1.29, 1.82) is 0 Å². The molecule has 36 heavy (non-hydrogen) atoms. The number of anilines is 3. The van der Waals surface area contributed by atoms with Gasteiger partial charge in [-0.1, -0.05) is 97.1 Å². The Bertz CT molecular complexity index is 1820. The first-order valence-corrected chi connectivity index (χ1v) is 13.0. The number of rotatable bonds is 4. The number of nitrogens with zero attached hydrogens (tertiary/aromatic N) is 1. The topological polar surface area (TPSA) is 3.24 Å². The molecule has 0 atom stereocenters. The normalized spacial score (nSPS) is 11.3. The molecule has 7 rings (SSSR count). The molecule has 6 aromatic carbocycles. The Morgan fingerprint density at radius 2 is 1.06 bits per heavy atom. The van der Waals surface area contributed by atoms with Gasteiger partial charge in [0.1, 0.15) is 0 Å². The number of fused-ring (bicyclic) bond motifs is 4. The SMILES string of the molecule is c1ccc(-c2ccc(N(c3ccccc3)c3cccc4c3sc3cc5ccccc5cc34)cc2)cc1. The van der Waals surface area contributed by atoms with Gasteiger partial charge in [0, 0.05) is 26.8 Å². The summed E-state index contributed by atoms with van der Waals surface area (Å²) in [6.45, 7) is 0. The number of hydrogen-bond acceptors (Lipinski definition) is 2. The Labute approximate surface area is 214 Å². The van der Waals surface area contributed by atoms with Crippen LogP contribution in [-0.2, 0) is 0 Å². The van der Waals surface area contributed by atoms with Gasteiger partial charge in [0.25, 0.3) is 0 Å². The standard InChI is InChI=1S/C34H23NS/c1-3-10-24(11-4-1)25-18-20-29(21-19-25)35(28-14-5-2-6-15-28)32-17-9-16-30-31-22-26-12-7-8-13-27(26)23-33(31)36-34(30)32/h1-23H. The molecular formula is C34H23NS. The minimum absolute atomic E-state index is 1.15. The highest BCUT2D eigenvalue weighted by atomic mass is 32.1. The van der Waals surface area contributed by atoms with E-state index in [0.29, 0.717) is 0 Å². The predicted molar refractivity (Wildman–Crippen MR) is 157 cm³/mol. The fraction of sp³-hybridized carbons (Fsp3) is 0. The van der Waals surface area contributed by atoms with Crippen molar-refractivity contribution in [3.63, 3.8) is 0 Å². The molecule has 0 saturated carbocycles. The van der Waals surface area contributed by atoms with E-state index >= 15 is 0 Å². The minimum atomic E-state index is 1.15. The van der Waals surface area contributed by atoms with Crippen LogP contribution >= 0.6 is 11.3 Å². The maximum absolute atomic E-state index is 2.38. The molecule has 0 fully saturated rings. The lowest BCUT2D eigenvalue weighted by Crippen LogP contribution is -2.09. The van der Waals surface area contributed by atoms with Crippen LogP contribution in [0, 0.1) is 0 Å². The molecule has 0 amide bonds. The quantitative estimate of drug-likeness (QED) is 0.244. The van der Waals surface area contributed by atoms with E-state index in [9.17, 15) is 0 Å². The summed E-state index contributed by atoms with van der Waals surface area (Å²) in [5, 5.41) is 5.20. The zero-order valence-corrected chi connectivity index (χ0v) is 20.5. The molecule has 1 aromatic heterocycles. The summed E-state index contributed by atoms with van der Waals surface area (Å²) in [6.07, 6.45) is 0. The lowest BCUT2D eigenvalue weighted by Gasteiger charge is -2.26. The molecule has 1 heterocycles. The lowest BCUT2D eigenvalue weighted by molar-refractivity contribution is 1.30. The highest BCUT2D eigenvalue weighted by molar-refractivity contribution is 7.26. The molecule has 170 valence electrons. The molecule has 0 spiro atoms. The van der Waals surface area contributed by atoms with Gasteiger partial charge >= 0.3 is 0 Å². The summed E-state index contributed by atoms with van der Waals surface area (Å²) in [5.41, 5.74) is 5.96. The van der Waals surface area contributed by atoms with Gasteiger partial charge in [0.2, 0.25) is 0 Å². The average molecular weight is 478 g/mol. The average Bonchev–Trinajstić information content (AvgIpc) is 3.31. The van der Waals surface area contributed by atoms with Crippen LogP contribution in [-0.4, -0.2) is 0 Å². The third kappa shape index (κ3) is 3.55. The molecule has 0 unspecified atom stereocenters. The van der Waals surface area contributed by atoms with Crippen molar-refractivity contribution in [3.05, 3.63) is 140 Å². The summed E-state index contributed by atoms with van der Waals surface area (Å²) in [5.74, 6) is 0. The van der Waals surface area contributed by atoms with Crippen LogP contribution in [0.15, 0.2) is 140 Å². The second-order valence-corrected chi connectivity index (χ2v) is 10.1. The highest BCUT2D eigenvalue weighted by Gasteiger charge is 2.18. The van der Waals surface area contributed by atoms with Crippen molar-refractivity contribution in [3.8, 4) is 11.1 Å². The summed E-state index contributed by atoms with van der Waals surface area (Å²) in [6, 6.07) is 50.1. The van der Waals surface area contributed by atoms with Gasteiger partial charge < -0.3 is 4.90 Å². The fourth-order valence-electron chi connectivity index (χ4n) is 5.08. The van der Waals surface area contributed by atoms with Crippen molar-refractivity contribution < 1.29 is 0 Å². The fourth-order valence-corrected chi connectivity index (χ4v) is 6.32. The molecule has 0 aliphatic rings. The number of hydrogen-bond donors (Lipinski definition) is 0. The van der Waals surface area contributed by atoms with Crippen molar-refractivity contribution in [2.24, 2.45) is 0 Å². The summed E-state index contributed by atoms with van der Waals surface area (Å²) < 4.78 is 2.63. The summed E-state index contributed by atoms with van der Waals surface area (Å²) in [7, 11) is 0. The van der Waals surface area contributed by atoms with Crippen molar-refractivity contribution >= 4 is 59.3 Å². The highest BCUT2D eigenvalue weighted by Crippen LogP contribution is 2.45. The lowest BCUT2D eigenvalue weighted by atomic mass is 10.0. The third-order valence-electron chi connectivity index (χ3n) is 6.83. The van der Waals surface area contributed by atoms with E-state index in [0.717, 1.165) is 11.4 Å². The maximum atomic E-state index is 2.38. The van der Waals surface area contributed by atoms with Gasteiger partial charge in [-0.05, 0) is 64.4 Å². The Morgan fingerprint density at radius 1 is 0.444 bits per heavy atom. The molecule has 7 aromatic rings. The van der Waals surface area contributed by atoms with Crippen molar-refractivity contribution in [2.75, 3.05) is 4.90 Å². The van der Waals surface area contributed by atoms with Crippen LogP contribution in [0.5, 0.6) is 0 Å². The summed E-state index contributed by atoms with van der Waals surface area (Å²) in [4.78, 5) is 2.38. The second kappa shape index (κ2) is 8.67. The Kier molecular flexibility index (Phi) is 5.04. The maximum Gasteiger partial charge on any atom is 0.0640 e. The zero-order chi connectivity index (χ0) is 23.9. The third-order valence-corrected chi connectivity index (χ3v) is 8.02. The van der Waals surface area contributed by atoms with Gasteiger partial charge in [-0.2, -0.15) is 0 Å². The first-order valence-electron chi connectivity index (χ1n) is 12.2. The van der Waals surface area contributed by atoms with Crippen LogP contribution in [0.1, 0.15) is 0 Å². The monoisotopic (exact) mass is 477 g/mol. The van der Waals surface area contributed by atoms with Gasteiger partial charge in [-0.3, -0.25) is 0 Å². The number of para-hydroxylation sites is 1. The molecule has 0 N–H and O–H groups in total. The van der Waals surface area contributed by atoms with E-state index in [1.165, 1.54) is 47.8 Å². The van der Waals surface area contributed by atoms with Crippen LogP contribution in [0.2, 0.25) is 0 Å². The molecule has 0 aliphatic heterocycles. The number of thiophene rings is 1. The van der Waals surface area contributed by atoms with Gasteiger partial charge in [0.05, 0.1) is 10.4 Å². The van der Waals surface area contributed by atoms with E-state index in [-0.39, 0.29) is 0 Å². The van der Waals surface area contributed by atoms with Crippen LogP contribution in [0.25, 0.3) is 42.1 Å². The minimum Gasteiger partial charge on any atom is -0.309 e. The second-order valence-electron chi connectivity index (χ2n) is 9.04. The molecular weight excluding hydrogens is 454 g/mol. The van der Waals surface area contributed by atoms with E-state index < -0.39 is 0 Å². The predicted octanol–water partition coefficient (Wildman–Crippen LogP) is 10.3. The van der Waals surface area contributed by atoms with E-state index in [1.54, 1.807) is 0 Å². The Balaban J connectivity index is 1.43. The van der Waals surface area contributed by atoms with Gasteiger partial charge in [-0.25, -0.2) is 0 Å². The van der Waals surface area contributed by atoms with Crippen molar-refractivity contribution in [1.82, 2.24) is 0 Å². The number of benzene rings is 6. The van der Waals surface area contributed by atoms with Gasteiger partial charge in [-0.15, -0.1) is 11.3 Å². The Morgan fingerprint density at radius 3 is 1.81 bits per heavy atom. The first kappa shape index (κ1) is 20.9. The van der Waals surface area contributed by atoms with Crippen LogP contribution in [0.4, 0.5) is 17.1 Å². The molecule has 2 heteroatoms. The molecule has 1 nitrogen and oxygen atoms in total. The largest absolute Gasteiger partial charge is 0.309 e. The van der Waals surface area contributed by atoms with Crippen molar-refractivity contribution in [2.45, 2.75) is 0 Å². The zero-order valence-electron chi connectivity index (χ0n) is 19.6. The Hall–Kier alpha value is -4.40. The van der Waals surface area contributed by atoms with E-state index in [1.807, 2.05) is 11.3 Å². The van der Waals surface area contributed by atoms with E-state index in [2.05, 4.69) is 144 Å². The first-order chi connectivity index (χ1) is 17.8. The summed E-state index contributed by atoms with van der Waals surface area (Å²) >= 11 is 1.88. The van der Waals surface area contributed by atoms with Crippen LogP contribution in [0.3, 0.4) is 0 Å².